The van der Waals surface area contributed by atoms with Gasteiger partial charge < -0.3 is 4.52 Å². The molecule has 2 aromatic heterocycles. The summed E-state index contributed by atoms with van der Waals surface area (Å²) in [5.74, 6) is 1.23. The molecule has 0 amide bonds. The molecule has 3 aromatic rings. The number of hydrogen-bond acceptors (Lipinski definition) is 9. The number of fused-ring (bicyclic) bond motifs is 3. The van der Waals surface area contributed by atoms with Gasteiger partial charge in [0.25, 0.3) is 0 Å². The SMILES string of the molecule is CON1N=C(c2cc(C)on2)N2N=C(c3cn(C)nn3)c3ccccc3C12. The Labute approximate surface area is 154 Å². The molecular formula is C17H16N8O2. The smallest absolute Gasteiger partial charge is 0.203 e. The van der Waals surface area contributed by atoms with E-state index in [1.165, 1.54) is 5.17 Å². The molecular weight excluding hydrogens is 348 g/mol. The van der Waals surface area contributed by atoms with Gasteiger partial charge in [0.15, 0.2) is 11.9 Å². The molecule has 0 aliphatic carbocycles. The number of hydrazone groups is 2. The molecule has 0 bridgehead atoms. The molecule has 0 radical (unpaired) electrons. The number of benzene rings is 1. The second-order valence-electron chi connectivity index (χ2n) is 6.26. The van der Waals surface area contributed by atoms with E-state index in [2.05, 4.69) is 20.6 Å². The first kappa shape index (κ1) is 15.7. The summed E-state index contributed by atoms with van der Waals surface area (Å²) in [6.07, 6.45) is 1.48. The number of hydroxylamine groups is 1. The molecule has 10 heteroatoms. The van der Waals surface area contributed by atoms with E-state index in [1.807, 2.05) is 50.5 Å². The first-order valence-corrected chi connectivity index (χ1v) is 8.35. The van der Waals surface area contributed by atoms with Crippen molar-refractivity contribution in [3.63, 3.8) is 0 Å². The van der Waals surface area contributed by atoms with Gasteiger partial charge in [-0.05, 0) is 6.92 Å². The lowest BCUT2D eigenvalue weighted by Gasteiger charge is -2.32. The van der Waals surface area contributed by atoms with Crippen LogP contribution in [-0.2, 0) is 11.9 Å². The van der Waals surface area contributed by atoms with Gasteiger partial charge in [0, 0.05) is 24.2 Å². The van der Waals surface area contributed by atoms with Gasteiger partial charge in [-0.25, -0.2) is 5.01 Å². The minimum absolute atomic E-state index is 0.348. The molecule has 1 aromatic carbocycles. The fourth-order valence-electron chi connectivity index (χ4n) is 3.28. The number of nitrogens with zero attached hydrogens (tertiary/aromatic N) is 8. The maximum Gasteiger partial charge on any atom is 0.203 e. The summed E-state index contributed by atoms with van der Waals surface area (Å²) in [5, 5.41) is 25.0. The van der Waals surface area contributed by atoms with Crippen LogP contribution < -0.4 is 0 Å². The van der Waals surface area contributed by atoms with Crippen molar-refractivity contribution in [2.24, 2.45) is 17.3 Å². The van der Waals surface area contributed by atoms with E-state index in [0.717, 1.165) is 11.1 Å². The average Bonchev–Trinajstić information content (AvgIpc) is 3.39. The maximum absolute atomic E-state index is 5.49. The minimum atomic E-state index is -0.348. The summed E-state index contributed by atoms with van der Waals surface area (Å²) in [7, 11) is 3.39. The largest absolute Gasteiger partial charge is 0.361 e. The Hall–Kier alpha value is -3.53. The minimum Gasteiger partial charge on any atom is -0.361 e. The standard InChI is InChI=1S/C17H16N8O2/c1-10-8-13(21-27-10)16-20-25(26-3)17-12-7-5-4-6-11(12)15(19-24(16)17)14-9-23(2)22-18-14/h4-9,17H,1-3H3. The zero-order valence-electron chi connectivity index (χ0n) is 14.9. The second kappa shape index (κ2) is 5.74. The highest BCUT2D eigenvalue weighted by Crippen LogP contribution is 2.39. The molecule has 1 atom stereocenters. The summed E-state index contributed by atoms with van der Waals surface area (Å²) in [6, 6.07) is 9.79. The molecule has 4 heterocycles. The quantitative estimate of drug-likeness (QED) is 0.693. The topological polar surface area (TPSA) is 97.2 Å². The Balaban J connectivity index is 1.70. The van der Waals surface area contributed by atoms with Crippen molar-refractivity contribution in [2.45, 2.75) is 13.1 Å². The zero-order chi connectivity index (χ0) is 18.5. The Bertz CT molecular complexity index is 1080. The van der Waals surface area contributed by atoms with Crippen LogP contribution in [0.1, 0.15) is 34.4 Å². The molecule has 27 heavy (non-hydrogen) atoms. The Morgan fingerprint density at radius 3 is 2.70 bits per heavy atom. The van der Waals surface area contributed by atoms with Gasteiger partial charge in [-0.2, -0.15) is 5.10 Å². The molecule has 0 fully saturated rings. The van der Waals surface area contributed by atoms with Gasteiger partial charge in [0.2, 0.25) is 5.84 Å². The van der Waals surface area contributed by atoms with Gasteiger partial charge in [-0.15, -0.1) is 15.4 Å². The summed E-state index contributed by atoms with van der Waals surface area (Å²) in [4.78, 5) is 5.49. The van der Waals surface area contributed by atoms with Crippen molar-refractivity contribution in [3.8, 4) is 0 Å². The number of aryl methyl sites for hydroxylation is 2. The van der Waals surface area contributed by atoms with E-state index in [1.54, 1.807) is 16.8 Å². The van der Waals surface area contributed by atoms with Crippen molar-refractivity contribution >= 4 is 11.5 Å². The summed E-state index contributed by atoms with van der Waals surface area (Å²) >= 11 is 0. The molecule has 0 saturated heterocycles. The summed E-state index contributed by atoms with van der Waals surface area (Å²) in [6.45, 7) is 1.83. The average molecular weight is 364 g/mol. The fourth-order valence-corrected chi connectivity index (χ4v) is 3.28. The van der Waals surface area contributed by atoms with Crippen LogP contribution in [0.15, 0.2) is 51.3 Å². The van der Waals surface area contributed by atoms with E-state index < -0.39 is 0 Å². The van der Waals surface area contributed by atoms with E-state index >= 15 is 0 Å². The van der Waals surface area contributed by atoms with Crippen molar-refractivity contribution in [1.29, 1.82) is 0 Å². The number of aromatic nitrogens is 4. The highest BCUT2D eigenvalue weighted by Gasteiger charge is 2.43. The third kappa shape index (κ3) is 2.34. The molecule has 136 valence electrons. The Kier molecular flexibility index (Phi) is 3.34. The van der Waals surface area contributed by atoms with E-state index in [9.17, 15) is 0 Å². The molecule has 1 unspecified atom stereocenters. The van der Waals surface area contributed by atoms with Crippen molar-refractivity contribution in [2.75, 3.05) is 7.11 Å². The number of rotatable bonds is 3. The predicted molar refractivity (Wildman–Crippen MR) is 94.3 cm³/mol. The fraction of sp³-hybridized carbons (Fsp3) is 0.235. The number of amidine groups is 1. The van der Waals surface area contributed by atoms with Crippen LogP contribution in [0.5, 0.6) is 0 Å². The lowest BCUT2D eigenvalue weighted by Crippen LogP contribution is -2.37. The lowest BCUT2D eigenvalue weighted by atomic mass is 9.97. The summed E-state index contributed by atoms with van der Waals surface area (Å²) < 4.78 is 6.87. The van der Waals surface area contributed by atoms with Crippen LogP contribution in [0.2, 0.25) is 0 Å². The molecule has 0 spiro atoms. The van der Waals surface area contributed by atoms with Crippen molar-refractivity contribution in [3.05, 3.63) is 64.8 Å². The zero-order valence-corrected chi connectivity index (χ0v) is 14.9. The lowest BCUT2D eigenvalue weighted by molar-refractivity contribution is -0.177. The maximum atomic E-state index is 5.49. The van der Waals surface area contributed by atoms with Crippen LogP contribution in [0, 0.1) is 6.92 Å². The highest BCUT2D eigenvalue weighted by molar-refractivity contribution is 6.14. The monoisotopic (exact) mass is 364 g/mol. The first-order chi connectivity index (χ1) is 13.2. The van der Waals surface area contributed by atoms with Gasteiger partial charge in [-0.1, -0.05) is 34.6 Å². The summed E-state index contributed by atoms with van der Waals surface area (Å²) in [5.41, 5.74) is 3.91. The van der Waals surface area contributed by atoms with E-state index in [4.69, 9.17) is 14.5 Å². The van der Waals surface area contributed by atoms with E-state index in [0.29, 0.717) is 28.7 Å². The molecule has 0 saturated carbocycles. The van der Waals surface area contributed by atoms with Gasteiger partial charge in [-0.3, -0.25) is 9.52 Å². The molecule has 5 rings (SSSR count). The molecule has 10 nitrogen and oxygen atoms in total. The van der Waals surface area contributed by atoms with Crippen LogP contribution in [0.25, 0.3) is 0 Å². The van der Waals surface area contributed by atoms with Gasteiger partial charge in [0.1, 0.15) is 17.2 Å². The third-order valence-corrected chi connectivity index (χ3v) is 4.44. The molecule has 0 N–H and O–H groups in total. The van der Waals surface area contributed by atoms with Crippen LogP contribution in [-0.4, -0.2) is 49.0 Å². The van der Waals surface area contributed by atoms with Gasteiger partial charge in [0.05, 0.1) is 13.3 Å². The molecule has 2 aliphatic rings. The number of hydrogen-bond donors (Lipinski definition) is 0. The third-order valence-electron chi connectivity index (χ3n) is 4.44. The van der Waals surface area contributed by atoms with Crippen LogP contribution in [0.3, 0.4) is 0 Å². The van der Waals surface area contributed by atoms with Crippen LogP contribution in [0.4, 0.5) is 0 Å². The predicted octanol–water partition coefficient (Wildman–Crippen LogP) is 1.42. The normalized spacial score (nSPS) is 18.3. The van der Waals surface area contributed by atoms with Crippen molar-refractivity contribution < 1.29 is 9.36 Å². The van der Waals surface area contributed by atoms with Gasteiger partial charge >= 0.3 is 0 Å². The first-order valence-electron chi connectivity index (χ1n) is 8.35. The van der Waals surface area contributed by atoms with Crippen molar-refractivity contribution in [1.82, 2.24) is 30.3 Å². The van der Waals surface area contributed by atoms with Crippen LogP contribution >= 0.6 is 0 Å². The second-order valence-corrected chi connectivity index (χ2v) is 6.26. The Morgan fingerprint density at radius 2 is 2.00 bits per heavy atom. The highest BCUT2D eigenvalue weighted by atomic mass is 16.7. The Morgan fingerprint density at radius 1 is 1.15 bits per heavy atom. The van der Waals surface area contributed by atoms with E-state index in [-0.39, 0.29) is 6.17 Å². The molecule has 2 aliphatic heterocycles.